The lowest BCUT2D eigenvalue weighted by atomic mass is 10.1. The summed E-state index contributed by atoms with van der Waals surface area (Å²) in [5.41, 5.74) is 0.975. The van der Waals surface area contributed by atoms with Crippen LogP contribution in [0.4, 0.5) is 13.2 Å². The van der Waals surface area contributed by atoms with E-state index in [1.54, 1.807) is 24.3 Å². The van der Waals surface area contributed by atoms with Crippen LogP contribution in [0, 0.1) is 0 Å². The summed E-state index contributed by atoms with van der Waals surface area (Å²) >= 11 is 1.18. The quantitative estimate of drug-likeness (QED) is 0.586. The van der Waals surface area contributed by atoms with E-state index in [2.05, 4.69) is 15.2 Å². The molecule has 3 aromatic rings. The highest BCUT2D eigenvalue weighted by atomic mass is 32.1. The fraction of sp³-hybridized carbons (Fsp3) is 0.292. The van der Waals surface area contributed by atoms with Crippen molar-refractivity contribution in [2.75, 3.05) is 33.2 Å². The molecule has 178 valence electrons. The number of hydrogen-bond acceptors (Lipinski definition) is 5. The first kappa shape index (κ1) is 23.9. The minimum absolute atomic E-state index is 0.00607. The normalized spacial score (nSPS) is 14.8. The molecule has 0 bridgehead atoms. The number of rotatable bonds is 5. The molecule has 2 heterocycles. The summed E-state index contributed by atoms with van der Waals surface area (Å²) in [6.07, 6.45) is -3.00. The van der Waals surface area contributed by atoms with Crippen LogP contribution in [-0.2, 0) is 12.7 Å². The Morgan fingerprint density at radius 2 is 1.76 bits per heavy atom. The third-order valence-electron chi connectivity index (χ3n) is 5.61. The highest BCUT2D eigenvalue weighted by Gasteiger charge is 2.30. The van der Waals surface area contributed by atoms with Gasteiger partial charge in [0.15, 0.2) is 0 Å². The van der Waals surface area contributed by atoms with Gasteiger partial charge in [-0.05, 0) is 36.9 Å². The smallest absolute Gasteiger partial charge is 0.347 e. The standard InChI is InChI=1S/C24H23F3N4O2S/c1-30-9-11-31(12-10-30)23(33)18-7-5-17(6-8-18)22-29-15-20(34-22)21(32)28-14-16-3-2-4-19(13-16)24(25,26)27/h2-8,13,15H,9-12,14H2,1H3,(H,28,32). The number of nitrogens with one attached hydrogen (secondary N) is 1. The second kappa shape index (κ2) is 9.94. The second-order valence-electron chi connectivity index (χ2n) is 8.08. The summed E-state index contributed by atoms with van der Waals surface area (Å²) in [6, 6.07) is 12.0. The van der Waals surface area contributed by atoms with Gasteiger partial charge in [-0.15, -0.1) is 11.3 Å². The fourth-order valence-corrected chi connectivity index (χ4v) is 4.43. The van der Waals surface area contributed by atoms with Crippen molar-refractivity contribution in [2.45, 2.75) is 12.7 Å². The van der Waals surface area contributed by atoms with Crippen molar-refractivity contribution in [1.29, 1.82) is 0 Å². The molecule has 1 aromatic heterocycles. The lowest BCUT2D eigenvalue weighted by molar-refractivity contribution is -0.137. The first-order valence-electron chi connectivity index (χ1n) is 10.7. The van der Waals surface area contributed by atoms with Crippen LogP contribution in [0.15, 0.2) is 54.7 Å². The van der Waals surface area contributed by atoms with Crippen molar-refractivity contribution in [3.63, 3.8) is 0 Å². The molecule has 1 saturated heterocycles. The Labute approximate surface area is 199 Å². The molecule has 0 saturated carbocycles. The molecule has 0 unspecified atom stereocenters. The number of halogens is 3. The summed E-state index contributed by atoms with van der Waals surface area (Å²) < 4.78 is 38.6. The van der Waals surface area contributed by atoms with Gasteiger partial charge in [0.1, 0.15) is 9.88 Å². The Hall–Kier alpha value is -3.24. The molecule has 2 amide bonds. The Bertz CT molecular complexity index is 1170. The van der Waals surface area contributed by atoms with E-state index in [4.69, 9.17) is 0 Å². The maximum absolute atomic E-state index is 12.9. The van der Waals surface area contributed by atoms with Crippen LogP contribution in [0.25, 0.3) is 10.6 Å². The van der Waals surface area contributed by atoms with Crippen molar-refractivity contribution in [3.8, 4) is 10.6 Å². The minimum atomic E-state index is -4.43. The maximum Gasteiger partial charge on any atom is 0.416 e. The summed E-state index contributed by atoms with van der Waals surface area (Å²) in [6.45, 7) is 3.06. The van der Waals surface area contributed by atoms with Crippen molar-refractivity contribution in [3.05, 3.63) is 76.3 Å². The van der Waals surface area contributed by atoms with E-state index >= 15 is 0 Å². The number of benzene rings is 2. The van der Waals surface area contributed by atoms with Crippen LogP contribution in [0.1, 0.15) is 31.2 Å². The maximum atomic E-state index is 12.9. The van der Waals surface area contributed by atoms with Crippen molar-refractivity contribution < 1.29 is 22.8 Å². The van der Waals surface area contributed by atoms with Crippen molar-refractivity contribution in [1.82, 2.24) is 20.1 Å². The molecule has 0 atom stereocenters. The number of aromatic nitrogens is 1. The minimum Gasteiger partial charge on any atom is -0.347 e. The molecule has 1 N–H and O–H groups in total. The van der Waals surface area contributed by atoms with E-state index < -0.39 is 17.6 Å². The Morgan fingerprint density at radius 1 is 1.06 bits per heavy atom. The third kappa shape index (κ3) is 5.63. The Balaban J connectivity index is 1.37. The predicted octanol–water partition coefficient (Wildman–Crippen LogP) is 4.15. The third-order valence-corrected chi connectivity index (χ3v) is 6.65. The average molecular weight is 489 g/mol. The topological polar surface area (TPSA) is 65.5 Å². The number of carbonyl (C=O) groups excluding carboxylic acids is 2. The van der Waals surface area contributed by atoms with Gasteiger partial charge in [0.25, 0.3) is 11.8 Å². The Morgan fingerprint density at radius 3 is 2.44 bits per heavy atom. The summed E-state index contributed by atoms with van der Waals surface area (Å²) in [5.74, 6) is -0.420. The van der Waals surface area contributed by atoms with Gasteiger partial charge < -0.3 is 15.1 Å². The SMILES string of the molecule is CN1CCN(C(=O)c2ccc(-c3ncc(C(=O)NCc4cccc(C(F)(F)F)c4)s3)cc2)CC1. The summed E-state index contributed by atoms with van der Waals surface area (Å²) in [5, 5.41) is 3.25. The van der Waals surface area contributed by atoms with E-state index in [1.165, 1.54) is 29.7 Å². The Kier molecular flexibility index (Phi) is 6.99. The molecule has 10 heteroatoms. The fourth-order valence-electron chi connectivity index (χ4n) is 3.59. The van der Waals surface area contributed by atoms with Gasteiger partial charge in [0.2, 0.25) is 0 Å². The first-order chi connectivity index (χ1) is 16.2. The summed E-state index contributed by atoms with van der Waals surface area (Å²) in [4.78, 5) is 33.8. The van der Waals surface area contributed by atoms with Gasteiger partial charge in [0, 0.05) is 43.9 Å². The van der Waals surface area contributed by atoms with Gasteiger partial charge >= 0.3 is 6.18 Å². The zero-order valence-corrected chi connectivity index (χ0v) is 19.2. The van der Waals surface area contributed by atoms with Crippen LogP contribution >= 0.6 is 11.3 Å². The molecule has 1 aliphatic heterocycles. The zero-order chi connectivity index (χ0) is 24.3. The van der Waals surface area contributed by atoms with Gasteiger partial charge in [-0.3, -0.25) is 9.59 Å². The van der Waals surface area contributed by atoms with E-state index in [9.17, 15) is 22.8 Å². The molecule has 0 aliphatic carbocycles. The number of hydrogen-bond donors (Lipinski definition) is 1. The summed E-state index contributed by atoms with van der Waals surface area (Å²) in [7, 11) is 2.03. The number of alkyl halides is 3. The predicted molar refractivity (Wildman–Crippen MR) is 124 cm³/mol. The molecule has 1 fully saturated rings. The highest BCUT2D eigenvalue weighted by molar-refractivity contribution is 7.16. The largest absolute Gasteiger partial charge is 0.416 e. The molecule has 6 nitrogen and oxygen atoms in total. The molecular weight excluding hydrogens is 465 g/mol. The number of thiazole rings is 1. The molecule has 4 rings (SSSR count). The van der Waals surface area contributed by atoms with Gasteiger partial charge in [-0.25, -0.2) is 4.98 Å². The van der Waals surface area contributed by atoms with Crippen LogP contribution in [-0.4, -0.2) is 59.8 Å². The van der Waals surface area contributed by atoms with Crippen molar-refractivity contribution >= 4 is 23.2 Å². The monoisotopic (exact) mass is 488 g/mol. The first-order valence-corrected chi connectivity index (χ1v) is 11.5. The van der Waals surface area contributed by atoms with E-state index in [0.29, 0.717) is 34.1 Å². The van der Waals surface area contributed by atoms with E-state index in [1.807, 2.05) is 11.9 Å². The molecule has 1 aliphatic rings. The lowest BCUT2D eigenvalue weighted by Crippen LogP contribution is -2.47. The number of likely N-dealkylation sites (N-methyl/N-ethyl adjacent to an activating group) is 1. The van der Waals surface area contributed by atoms with Crippen molar-refractivity contribution in [2.24, 2.45) is 0 Å². The van der Waals surface area contributed by atoms with Crippen LogP contribution in [0.3, 0.4) is 0 Å². The molecule has 0 spiro atoms. The molecule has 34 heavy (non-hydrogen) atoms. The van der Waals surface area contributed by atoms with E-state index in [0.717, 1.165) is 30.8 Å². The molecule has 2 aromatic carbocycles. The van der Waals surface area contributed by atoms with Crippen LogP contribution < -0.4 is 5.32 Å². The number of carbonyl (C=O) groups is 2. The number of nitrogens with zero attached hydrogens (tertiary/aromatic N) is 3. The van der Waals surface area contributed by atoms with Gasteiger partial charge in [-0.1, -0.05) is 24.3 Å². The average Bonchev–Trinajstić information content (AvgIpc) is 3.33. The molecule has 0 radical (unpaired) electrons. The van der Waals surface area contributed by atoms with Gasteiger partial charge in [0.05, 0.1) is 11.8 Å². The number of piperazine rings is 1. The van der Waals surface area contributed by atoms with Crippen LogP contribution in [0.5, 0.6) is 0 Å². The van der Waals surface area contributed by atoms with E-state index in [-0.39, 0.29) is 12.5 Å². The molecular formula is C24H23F3N4O2S. The lowest BCUT2D eigenvalue weighted by Gasteiger charge is -2.32. The highest BCUT2D eigenvalue weighted by Crippen LogP contribution is 2.30. The zero-order valence-electron chi connectivity index (χ0n) is 18.4. The van der Waals surface area contributed by atoms with Gasteiger partial charge in [-0.2, -0.15) is 13.2 Å². The second-order valence-corrected chi connectivity index (χ2v) is 9.11. The number of amides is 2. The van der Waals surface area contributed by atoms with Crippen LogP contribution in [0.2, 0.25) is 0 Å².